The van der Waals surface area contributed by atoms with Crippen LogP contribution in [0.2, 0.25) is 0 Å². The first-order valence-electron chi connectivity index (χ1n) is 13.0. The maximum Gasteiger partial charge on any atom is 0.256 e. The number of aliphatic hydroxyl groups is 2. The number of amides is 1. The van der Waals surface area contributed by atoms with Crippen molar-refractivity contribution in [1.29, 1.82) is 0 Å². The van der Waals surface area contributed by atoms with Crippen molar-refractivity contribution in [2.75, 3.05) is 13.1 Å². The molecule has 3 aliphatic heterocycles. The third kappa shape index (κ3) is 2.35. The fourth-order valence-electron chi connectivity index (χ4n) is 8.39. The van der Waals surface area contributed by atoms with Crippen molar-refractivity contribution in [3.8, 4) is 11.5 Å². The topological polar surface area (TPSA) is 93.5 Å². The number of carbonyl (C=O) groups excluding carboxylic acids is 1. The third-order valence-electron chi connectivity index (χ3n) is 10.1. The number of nitrogens with zero attached hydrogens (tertiary/aromatic N) is 2. The standard InChI is InChI=1S/C28H30N2O5/c31-20-8-7-16-13-21-28(34)10-9-19(30-25(32)17-3-1-2-4-18(17)26(30)33)24-27(28,22(16)23(20)35-24)11-12-29(21)14-15-5-6-15/h1-4,7-8,15,19,21,24-25,31-32,34H,5-6,9-14H2/t19-,21-,24+,25?,27+,28?/m1/s1. The Bertz CT molecular complexity index is 1280. The van der Waals surface area contributed by atoms with Crippen molar-refractivity contribution in [3.63, 3.8) is 0 Å². The van der Waals surface area contributed by atoms with Gasteiger partial charge in [0.05, 0.1) is 17.1 Å². The summed E-state index contributed by atoms with van der Waals surface area (Å²) in [4.78, 5) is 17.6. The number of aliphatic hydroxyl groups excluding tert-OH is 1. The Morgan fingerprint density at radius 2 is 1.91 bits per heavy atom. The number of carbonyl (C=O) groups is 1. The van der Waals surface area contributed by atoms with Crippen LogP contribution in [0.4, 0.5) is 0 Å². The third-order valence-corrected chi connectivity index (χ3v) is 10.1. The Labute approximate surface area is 203 Å². The van der Waals surface area contributed by atoms with Crippen LogP contribution in [-0.2, 0) is 11.8 Å². The van der Waals surface area contributed by atoms with E-state index in [9.17, 15) is 20.1 Å². The van der Waals surface area contributed by atoms with Crippen LogP contribution in [0.3, 0.4) is 0 Å². The summed E-state index contributed by atoms with van der Waals surface area (Å²) >= 11 is 0. The Balaban J connectivity index is 1.27. The van der Waals surface area contributed by atoms with E-state index in [-0.39, 0.29) is 17.7 Å². The van der Waals surface area contributed by atoms with Crippen molar-refractivity contribution in [2.45, 2.75) is 74.0 Å². The van der Waals surface area contributed by atoms with Gasteiger partial charge in [-0.3, -0.25) is 9.69 Å². The van der Waals surface area contributed by atoms with Crippen molar-refractivity contribution < 1.29 is 24.9 Å². The number of piperidine rings is 1. The van der Waals surface area contributed by atoms with Crippen LogP contribution in [-0.4, -0.2) is 67.9 Å². The molecule has 3 heterocycles. The number of phenolic OH excluding ortho intramolecular Hbond substituents is 1. The number of ether oxygens (including phenoxy) is 1. The molecule has 3 aliphatic carbocycles. The highest BCUT2D eigenvalue weighted by Crippen LogP contribution is 2.66. The summed E-state index contributed by atoms with van der Waals surface area (Å²) in [5.41, 5.74) is 1.50. The van der Waals surface area contributed by atoms with Crippen LogP contribution < -0.4 is 4.74 Å². The summed E-state index contributed by atoms with van der Waals surface area (Å²) < 4.78 is 6.59. The van der Waals surface area contributed by atoms with Crippen LogP contribution in [0.15, 0.2) is 36.4 Å². The highest BCUT2D eigenvalue weighted by molar-refractivity contribution is 5.99. The van der Waals surface area contributed by atoms with Gasteiger partial charge in [-0.15, -0.1) is 0 Å². The number of aromatic hydroxyl groups is 1. The van der Waals surface area contributed by atoms with Crippen LogP contribution >= 0.6 is 0 Å². The lowest BCUT2D eigenvalue weighted by Crippen LogP contribution is -2.78. The molecule has 1 spiro atoms. The van der Waals surface area contributed by atoms with E-state index < -0.39 is 29.4 Å². The molecule has 2 saturated carbocycles. The molecule has 35 heavy (non-hydrogen) atoms. The molecule has 6 atom stereocenters. The number of rotatable bonds is 3. The molecule has 7 nitrogen and oxygen atoms in total. The molecule has 8 rings (SSSR count). The zero-order valence-corrected chi connectivity index (χ0v) is 19.6. The minimum atomic E-state index is -1.04. The molecule has 2 unspecified atom stereocenters. The molecule has 1 amide bonds. The van der Waals surface area contributed by atoms with Crippen molar-refractivity contribution in [2.24, 2.45) is 5.92 Å². The van der Waals surface area contributed by atoms with E-state index in [1.807, 2.05) is 18.2 Å². The van der Waals surface area contributed by atoms with E-state index in [0.717, 1.165) is 36.6 Å². The quantitative estimate of drug-likeness (QED) is 0.633. The minimum absolute atomic E-state index is 0.0108. The van der Waals surface area contributed by atoms with E-state index in [1.54, 1.807) is 23.1 Å². The fraction of sp³-hybridized carbons (Fsp3) is 0.536. The molecule has 3 fully saturated rings. The molecule has 1 saturated heterocycles. The molecular weight excluding hydrogens is 444 g/mol. The first kappa shape index (κ1) is 20.6. The smallest absolute Gasteiger partial charge is 0.256 e. The lowest BCUT2D eigenvalue weighted by Gasteiger charge is -2.64. The first-order valence-corrected chi connectivity index (χ1v) is 13.0. The predicted octanol–water partition coefficient (Wildman–Crippen LogP) is 2.47. The lowest BCUT2D eigenvalue weighted by molar-refractivity contribution is -0.204. The van der Waals surface area contributed by atoms with Gasteiger partial charge in [0.1, 0.15) is 6.10 Å². The van der Waals surface area contributed by atoms with Crippen LogP contribution in [0, 0.1) is 5.92 Å². The van der Waals surface area contributed by atoms with E-state index in [0.29, 0.717) is 36.1 Å². The largest absolute Gasteiger partial charge is 0.504 e. The Morgan fingerprint density at radius 3 is 2.71 bits per heavy atom. The zero-order chi connectivity index (χ0) is 23.7. The van der Waals surface area contributed by atoms with Gasteiger partial charge in [0.15, 0.2) is 17.7 Å². The Kier molecular flexibility index (Phi) is 3.87. The monoisotopic (exact) mass is 474 g/mol. The van der Waals surface area contributed by atoms with Crippen LogP contribution in [0.1, 0.15) is 65.4 Å². The maximum absolute atomic E-state index is 13.5. The van der Waals surface area contributed by atoms with E-state index in [2.05, 4.69) is 4.90 Å². The van der Waals surface area contributed by atoms with Crippen molar-refractivity contribution in [1.82, 2.24) is 9.80 Å². The van der Waals surface area contributed by atoms with Crippen molar-refractivity contribution >= 4 is 5.91 Å². The fourth-order valence-corrected chi connectivity index (χ4v) is 8.39. The minimum Gasteiger partial charge on any atom is -0.504 e. The number of fused-ring (bicyclic) bond motifs is 1. The van der Waals surface area contributed by atoms with Gasteiger partial charge < -0.3 is 25.0 Å². The molecule has 2 bridgehead atoms. The van der Waals surface area contributed by atoms with E-state index >= 15 is 0 Å². The molecule has 3 N–H and O–H groups in total. The van der Waals surface area contributed by atoms with Crippen molar-refractivity contribution in [3.05, 3.63) is 58.7 Å². The van der Waals surface area contributed by atoms with Gasteiger partial charge in [0.25, 0.3) is 5.91 Å². The van der Waals surface area contributed by atoms with Gasteiger partial charge >= 0.3 is 0 Å². The number of benzene rings is 2. The highest BCUT2D eigenvalue weighted by Gasteiger charge is 2.74. The first-order chi connectivity index (χ1) is 16.9. The van der Waals surface area contributed by atoms with Gasteiger partial charge in [-0.1, -0.05) is 24.3 Å². The van der Waals surface area contributed by atoms with Gasteiger partial charge in [0, 0.05) is 29.3 Å². The predicted molar refractivity (Wildman–Crippen MR) is 126 cm³/mol. The lowest BCUT2D eigenvalue weighted by atomic mass is 9.48. The van der Waals surface area contributed by atoms with Crippen LogP contribution in [0.5, 0.6) is 11.5 Å². The Hall–Kier alpha value is -2.61. The maximum atomic E-state index is 13.5. The second-order valence-electron chi connectivity index (χ2n) is 11.6. The summed E-state index contributed by atoms with van der Waals surface area (Å²) in [5.74, 6) is 1.09. The van der Waals surface area contributed by atoms with Gasteiger partial charge in [0.2, 0.25) is 0 Å². The molecular formula is C28H30N2O5. The van der Waals surface area contributed by atoms with E-state index in [1.165, 1.54) is 12.8 Å². The summed E-state index contributed by atoms with van der Waals surface area (Å²) in [6.07, 6.45) is 3.49. The highest BCUT2D eigenvalue weighted by atomic mass is 16.5. The molecule has 0 aromatic heterocycles. The molecule has 7 heteroatoms. The second-order valence-corrected chi connectivity index (χ2v) is 11.6. The molecule has 6 aliphatic rings. The van der Waals surface area contributed by atoms with Crippen LogP contribution in [0.25, 0.3) is 0 Å². The van der Waals surface area contributed by atoms with Gasteiger partial charge in [-0.25, -0.2) is 0 Å². The zero-order valence-electron chi connectivity index (χ0n) is 19.6. The molecule has 182 valence electrons. The van der Waals surface area contributed by atoms with E-state index in [4.69, 9.17) is 4.74 Å². The van der Waals surface area contributed by atoms with Gasteiger partial charge in [-0.2, -0.15) is 0 Å². The summed E-state index contributed by atoms with van der Waals surface area (Å²) in [7, 11) is 0. The molecule has 2 aromatic carbocycles. The molecule has 0 radical (unpaired) electrons. The Morgan fingerprint density at radius 1 is 1.09 bits per heavy atom. The average Bonchev–Trinajstić information content (AvgIpc) is 3.54. The number of likely N-dealkylation sites (tertiary alicyclic amines) is 1. The summed E-state index contributed by atoms with van der Waals surface area (Å²) in [6.45, 7) is 1.89. The summed E-state index contributed by atoms with van der Waals surface area (Å²) in [6, 6.07) is 10.5. The summed E-state index contributed by atoms with van der Waals surface area (Å²) in [5, 5.41) is 34.7. The number of hydrogen-bond acceptors (Lipinski definition) is 6. The number of hydrogen-bond donors (Lipinski definition) is 3. The normalized spacial score (nSPS) is 38.8. The molecule has 2 aromatic rings. The SMILES string of the molecule is O=C1c2ccccc2C(O)N1[C@@H]1CCC2(O)[C@H]3Cc4ccc(O)c5c4[C@@]2(CCN3CC2CC2)[C@H]1O5. The second kappa shape index (κ2) is 6.58. The van der Waals surface area contributed by atoms with Gasteiger partial charge in [-0.05, 0) is 68.7 Å². The average molecular weight is 475 g/mol. The number of phenols is 1.